The maximum absolute atomic E-state index is 5.71. The maximum Gasteiger partial charge on any atom is 0.0782 e. The van der Waals surface area contributed by atoms with Gasteiger partial charge >= 0.3 is 0 Å². The molecule has 0 amide bonds. The second-order valence-electron chi connectivity index (χ2n) is 5.96. The van der Waals surface area contributed by atoms with Crippen LogP contribution in [0, 0.1) is 0 Å². The quantitative estimate of drug-likeness (QED) is 0.559. The summed E-state index contributed by atoms with van der Waals surface area (Å²) >= 11 is 0. The van der Waals surface area contributed by atoms with Gasteiger partial charge in [-0.3, -0.25) is 0 Å². The van der Waals surface area contributed by atoms with Crippen molar-refractivity contribution >= 4 is 0 Å². The zero-order valence-corrected chi connectivity index (χ0v) is 13.1. The SMILES string of the molecule is CCCCCOC(C)COC(C)COC(C)(C)C. The molecule has 3 nitrogen and oxygen atoms in total. The predicted octanol–water partition coefficient (Wildman–Crippen LogP) is 3.80. The summed E-state index contributed by atoms with van der Waals surface area (Å²) in [4.78, 5) is 0. The van der Waals surface area contributed by atoms with Gasteiger partial charge in [-0.2, -0.15) is 0 Å². The summed E-state index contributed by atoms with van der Waals surface area (Å²) in [5.41, 5.74) is -0.0973. The minimum Gasteiger partial charge on any atom is -0.376 e. The second-order valence-corrected chi connectivity index (χ2v) is 5.96. The number of ether oxygens (including phenoxy) is 3. The Morgan fingerprint density at radius 2 is 1.50 bits per heavy atom. The fourth-order valence-corrected chi connectivity index (χ4v) is 1.40. The Hall–Kier alpha value is -0.120. The lowest BCUT2D eigenvalue weighted by Gasteiger charge is -2.23. The molecule has 2 atom stereocenters. The molecule has 0 aliphatic carbocycles. The lowest BCUT2D eigenvalue weighted by Crippen LogP contribution is -2.28. The van der Waals surface area contributed by atoms with Crippen LogP contribution >= 0.6 is 0 Å². The average Bonchev–Trinajstić information content (AvgIpc) is 2.28. The van der Waals surface area contributed by atoms with E-state index in [-0.39, 0.29) is 17.8 Å². The highest BCUT2D eigenvalue weighted by Gasteiger charge is 2.13. The molecule has 0 N–H and O–H groups in total. The van der Waals surface area contributed by atoms with Crippen LogP contribution in [0.15, 0.2) is 0 Å². The zero-order valence-electron chi connectivity index (χ0n) is 13.1. The molecule has 0 aliphatic heterocycles. The molecule has 3 heteroatoms. The van der Waals surface area contributed by atoms with Gasteiger partial charge in [0.05, 0.1) is 31.0 Å². The van der Waals surface area contributed by atoms with Crippen molar-refractivity contribution in [2.75, 3.05) is 19.8 Å². The molecule has 0 saturated carbocycles. The number of hydrogen-bond donors (Lipinski definition) is 0. The average molecular weight is 260 g/mol. The highest BCUT2D eigenvalue weighted by atomic mass is 16.6. The van der Waals surface area contributed by atoms with Gasteiger partial charge in [-0.15, -0.1) is 0 Å². The molecule has 0 rings (SSSR count). The lowest BCUT2D eigenvalue weighted by molar-refractivity contribution is -0.0879. The van der Waals surface area contributed by atoms with Gasteiger partial charge in [0.25, 0.3) is 0 Å². The van der Waals surface area contributed by atoms with Crippen molar-refractivity contribution in [2.45, 2.75) is 78.6 Å². The smallest absolute Gasteiger partial charge is 0.0782 e. The van der Waals surface area contributed by atoms with Gasteiger partial charge in [0.1, 0.15) is 0 Å². The van der Waals surface area contributed by atoms with Gasteiger partial charge in [-0.05, 0) is 41.0 Å². The van der Waals surface area contributed by atoms with E-state index in [1.54, 1.807) is 0 Å². The summed E-state index contributed by atoms with van der Waals surface area (Å²) in [7, 11) is 0. The highest BCUT2D eigenvalue weighted by molar-refractivity contribution is 4.61. The van der Waals surface area contributed by atoms with E-state index in [0.717, 1.165) is 13.0 Å². The van der Waals surface area contributed by atoms with Crippen LogP contribution in [-0.2, 0) is 14.2 Å². The minimum atomic E-state index is -0.0973. The van der Waals surface area contributed by atoms with E-state index in [9.17, 15) is 0 Å². The van der Waals surface area contributed by atoms with Crippen molar-refractivity contribution in [3.63, 3.8) is 0 Å². The van der Waals surface area contributed by atoms with Crippen LogP contribution in [0.5, 0.6) is 0 Å². The molecule has 0 aromatic heterocycles. The summed E-state index contributed by atoms with van der Waals surface area (Å²) in [6.07, 6.45) is 3.90. The number of rotatable bonds is 10. The molecule has 0 radical (unpaired) electrons. The molecular weight excluding hydrogens is 228 g/mol. The highest BCUT2D eigenvalue weighted by Crippen LogP contribution is 2.08. The monoisotopic (exact) mass is 260 g/mol. The van der Waals surface area contributed by atoms with Crippen molar-refractivity contribution in [2.24, 2.45) is 0 Å². The van der Waals surface area contributed by atoms with Gasteiger partial charge in [-0.1, -0.05) is 19.8 Å². The van der Waals surface area contributed by atoms with Crippen LogP contribution in [0.1, 0.15) is 60.8 Å². The van der Waals surface area contributed by atoms with Gasteiger partial charge in [0.2, 0.25) is 0 Å². The molecule has 110 valence electrons. The van der Waals surface area contributed by atoms with E-state index in [1.807, 2.05) is 6.92 Å². The van der Waals surface area contributed by atoms with Crippen LogP contribution < -0.4 is 0 Å². The maximum atomic E-state index is 5.71. The standard InChI is InChI=1S/C15H32O3/c1-7-8-9-10-16-13(2)11-17-14(3)12-18-15(4,5)6/h13-14H,7-12H2,1-6H3. The first kappa shape index (κ1) is 17.9. The predicted molar refractivity (Wildman–Crippen MR) is 76.1 cm³/mol. The normalized spacial score (nSPS) is 15.7. The third kappa shape index (κ3) is 12.3. The van der Waals surface area contributed by atoms with Crippen LogP contribution in [-0.4, -0.2) is 37.6 Å². The Morgan fingerprint density at radius 1 is 0.889 bits per heavy atom. The minimum absolute atomic E-state index is 0.0973. The third-order valence-electron chi connectivity index (χ3n) is 2.52. The molecule has 0 heterocycles. The van der Waals surface area contributed by atoms with Gasteiger partial charge in [0.15, 0.2) is 0 Å². The van der Waals surface area contributed by atoms with E-state index in [2.05, 4.69) is 34.6 Å². The molecule has 18 heavy (non-hydrogen) atoms. The van der Waals surface area contributed by atoms with Crippen molar-refractivity contribution in [3.05, 3.63) is 0 Å². The van der Waals surface area contributed by atoms with Gasteiger partial charge < -0.3 is 14.2 Å². The molecule has 0 bridgehead atoms. The first-order valence-electron chi connectivity index (χ1n) is 7.22. The Labute approximate surface area is 113 Å². The Morgan fingerprint density at radius 3 is 2.06 bits per heavy atom. The second kappa shape index (κ2) is 9.76. The fraction of sp³-hybridized carbons (Fsp3) is 1.00. The summed E-state index contributed by atoms with van der Waals surface area (Å²) in [6, 6.07) is 0. The summed E-state index contributed by atoms with van der Waals surface area (Å²) in [5, 5.41) is 0. The molecule has 0 aliphatic rings. The van der Waals surface area contributed by atoms with Crippen LogP contribution in [0.4, 0.5) is 0 Å². The molecule has 0 aromatic rings. The summed E-state index contributed by atoms with van der Waals surface area (Å²) in [5.74, 6) is 0. The molecular formula is C15H32O3. The zero-order chi connectivity index (χ0) is 14.0. The molecule has 0 aromatic carbocycles. The van der Waals surface area contributed by atoms with Crippen molar-refractivity contribution in [3.8, 4) is 0 Å². The van der Waals surface area contributed by atoms with E-state index < -0.39 is 0 Å². The van der Waals surface area contributed by atoms with E-state index >= 15 is 0 Å². The first-order chi connectivity index (χ1) is 8.35. The van der Waals surface area contributed by atoms with E-state index in [1.165, 1.54) is 12.8 Å². The van der Waals surface area contributed by atoms with Crippen molar-refractivity contribution < 1.29 is 14.2 Å². The summed E-state index contributed by atoms with van der Waals surface area (Å²) < 4.78 is 17.1. The Bertz CT molecular complexity index is 187. The van der Waals surface area contributed by atoms with E-state index in [0.29, 0.717) is 13.2 Å². The van der Waals surface area contributed by atoms with Crippen LogP contribution in [0.25, 0.3) is 0 Å². The number of unbranched alkanes of at least 4 members (excludes halogenated alkanes) is 2. The molecule has 0 fully saturated rings. The van der Waals surface area contributed by atoms with Crippen molar-refractivity contribution in [1.82, 2.24) is 0 Å². The molecule has 2 unspecified atom stereocenters. The summed E-state index contributed by atoms with van der Waals surface area (Å²) in [6.45, 7) is 14.6. The fourth-order valence-electron chi connectivity index (χ4n) is 1.40. The largest absolute Gasteiger partial charge is 0.376 e. The third-order valence-corrected chi connectivity index (χ3v) is 2.52. The van der Waals surface area contributed by atoms with Crippen LogP contribution in [0.3, 0.4) is 0 Å². The Balaban J connectivity index is 3.50. The Kier molecular flexibility index (Phi) is 9.70. The number of hydrogen-bond acceptors (Lipinski definition) is 3. The van der Waals surface area contributed by atoms with Gasteiger partial charge in [-0.25, -0.2) is 0 Å². The van der Waals surface area contributed by atoms with Crippen LogP contribution in [0.2, 0.25) is 0 Å². The topological polar surface area (TPSA) is 27.7 Å². The van der Waals surface area contributed by atoms with Gasteiger partial charge in [0, 0.05) is 6.61 Å². The van der Waals surface area contributed by atoms with E-state index in [4.69, 9.17) is 14.2 Å². The lowest BCUT2D eigenvalue weighted by atomic mass is 10.2. The first-order valence-corrected chi connectivity index (χ1v) is 7.22. The molecule has 0 saturated heterocycles. The van der Waals surface area contributed by atoms with Crippen molar-refractivity contribution in [1.29, 1.82) is 0 Å². The molecule has 0 spiro atoms.